The molecule has 1 N–H and O–H groups in total. The van der Waals surface area contributed by atoms with Gasteiger partial charge < -0.3 is 24.4 Å². The Morgan fingerprint density at radius 2 is 1.89 bits per heavy atom. The average Bonchev–Trinajstić information content (AvgIpc) is 3.44. The van der Waals surface area contributed by atoms with Gasteiger partial charge in [0.2, 0.25) is 0 Å². The van der Waals surface area contributed by atoms with Crippen LogP contribution in [0, 0.1) is 0 Å². The molecule has 1 amide bonds. The third-order valence-corrected chi connectivity index (χ3v) is 6.76. The summed E-state index contributed by atoms with van der Waals surface area (Å²) in [7, 11) is 1.62. The van der Waals surface area contributed by atoms with Crippen LogP contribution in [0.3, 0.4) is 0 Å². The molecular weight excluding hydrogens is 440 g/mol. The summed E-state index contributed by atoms with van der Waals surface area (Å²) in [6.45, 7) is 3.62. The molecule has 1 atom stereocenters. The standard InChI is InChI=1S/C29H32N2O4/c1-33-28-17-21(8-13-27(28)35-20-26-7-4-16-34-26)18-30-29(32)23-9-11-25(12-10-23)31-15-14-22-5-2-3-6-24(22)19-31/h2-3,5-6,8-13,17,26H,4,7,14-16,18-20H2,1H3,(H,30,32). The van der Waals surface area contributed by atoms with Gasteiger partial charge in [0.05, 0.1) is 13.2 Å². The number of nitrogens with one attached hydrogen (secondary N) is 1. The van der Waals surface area contributed by atoms with Crippen molar-refractivity contribution in [3.05, 3.63) is 89.0 Å². The summed E-state index contributed by atoms with van der Waals surface area (Å²) >= 11 is 0. The number of fused-ring (bicyclic) bond motifs is 1. The van der Waals surface area contributed by atoms with E-state index in [4.69, 9.17) is 14.2 Å². The number of methoxy groups -OCH3 is 1. The second kappa shape index (κ2) is 10.8. The molecule has 6 heteroatoms. The fourth-order valence-electron chi connectivity index (χ4n) is 4.72. The molecule has 182 valence electrons. The van der Waals surface area contributed by atoms with Gasteiger partial charge in [0.1, 0.15) is 6.61 Å². The van der Waals surface area contributed by atoms with Crippen LogP contribution in [0.2, 0.25) is 0 Å². The summed E-state index contributed by atoms with van der Waals surface area (Å²) in [6.07, 6.45) is 3.30. The van der Waals surface area contributed by atoms with Gasteiger partial charge in [0, 0.05) is 37.5 Å². The lowest BCUT2D eigenvalue weighted by Gasteiger charge is -2.30. The molecule has 3 aromatic carbocycles. The first-order chi connectivity index (χ1) is 17.2. The highest BCUT2D eigenvalue weighted by atomic mass is 16.5. The van der Waals surface area contributed by atoms with Crippen molar-refractivity contribution in [1.29, 1.82) is 0 Å². The molecule has 35 heavy (non-hydrogen) atoms. The van der Waals surface area contributed by atoms with Crippen LogP contribution in [-0.2, 0) is 24.2 Å². The quantitative estimate of drug-likeness (QED) is 0.513. The predicted molar refractivity (Wildman–Crippen MR) is 136 cm³/mol. The molecule has 1 fully saturated rings. The Labute approximate surface area is 206 Å². The molecule has 6 nitrogen and oxygen atoms in total. The lowest BCUT2D eigenvalue weighted by Crippen LogP contribution is -2.30. The molecule has 0 aliphatic carbocycles. The molecule has 0 aromatic heterocycles. The average molecular weight is 473 g/mol. The summed E-state index contributed by atoms with van der Waals surface area (Å²) in [5.41, 5.74) is 5.54. The van der Waals surface area contributed by atoms with Gasteiger partial charge in [-0.2, -0.15) is 0 Å². The lowest BCUT2D eigenvalue weighted by molar-refractivity contribution is 0.0669. The van der Waals surface area contributed by atoms with E-state index < -0.39 is 0 Å². The number of rotatable bonds is 8. The van der Waals surface area contributed by atoms with Crippen LogP contribution in [0.5, 0.6) is 11.5 Å². The molecule has 2 aliphatic heterocycles. The van der Waals surface area contributed by atoms with Crippen LogP contribution in [0.25, 0.3) is 0 Å². The van der Waals surface area contributed by atoms with Crippen molar-refractivity contribution in [2.24, 2.45) is 0 Å². The topological polar surface area (TPSA) is 60.0 Å². The number of anilines is 1. The first-order valence-electron chi connectivity index (χ1n) is 12.3. The molecule has 0 spiro atoms. The largest absolute Gasteiger partial charge is 0.493 e. The molecular formula is C29H32N2O4. The summed E-state index contributed by atoms with van der Waals surface area (Å²) < 4.78 is 17.0. The van der Waals surface area contributed by atoms with Crippen molar-refractivity contribution < 1.29 is 19.0 Å². The van der Waals surface area contributed by atoms with Crippen LogP contribution in [0.1, 0.15) is 39.9 Å². The van der Waals surface area contributed by atoms with E-state index in [1.165, 1.54) is 11.1 Å². The van der Waals surface area contributed by atoms with Crippen molar-refractivity contribution in [1.82, 2.24) is 5.32 Å². The highest BCUT2D eigenvalue weighted by molar-refractivity contribution is 5.94. The Hall–Kier alpha value is -3.51. The minimum absolute atomic E-state index is 0.0989. The van der Waals surface area contributed by atoms with Crippen molar-refractivity contribution in [2.45, 2.75) is 38.5 Å². The normalized spacial score (nSPS) is 17.1. The molecule has 2 aliphatic rings. The Kier molecular flexibility index (Phi) is 7.19. The minimum Gasteiger partial charge on any atom is -0.493 e. The number of hydrogen-bond acceptors (Lipinski definition) is 5. The third kappa shape index (κ3) is 5.60. The first-order valence-corrected chi connectivity index (χ1v) is 12.3. The van der Waals surface area contributed by atoms with Crippen molar-refractivity contribution in [3.63, 3.8) is 0 Å². The zero-order chi connectivity index (χ0) is 24.0. The number of hydrogen-bond donors (Lipinski definition) is 1. The molecule has 0 bridgehead atoms. The Morgan fingerprint density at radius 3 is 2.66 bits per heavy atom. The van der Waals surface area contributed by atoms with Crippen molar-refractivity contribution in [2.75, 3.05) is 31.8 Å². The molecule has 0 radical (unpaired) electrons. The van der Waals surface area contributed by atoms with E-state index in [1.807, 2.05) is 42.5 Å². The Morgan fingerprint density at radius 1 is 1.06 bits per heavy atom. The second-order valence-electron chi connectivity index (χ2n) is 9.10. The maximum absolute atomic E-state index is 12.7. The Balaban J connectivity index is 1.16. The number of amides is 1. The monoisotopic (exact) mass is 472 g/mol. The Bertz CT molecular complexity index is 1160. The maximum Gasteiger partial charge on any atom is 0.251 e. The van der Waals surface area contributed by atoms with E-state index >= 15 is 0 Å². The number of benzene rings is 3. The summed E-state index contributed by atoms with van der Waals surface area (Å²) in [5.74, 6) is 1.24. The predicted octanol–water partition coefficient (Wildman–Crippen LogP) is 4.75. The van der Waals surface area contributed by atoms with Gasteiger partial charge in [0.15, 0.2) is 11.5 Å². The summed E-state index contributed by atoms with van der Waals surface area (Å²) in [5, 5.41) is 3.01. The zero-order valence-corrected chi connectivity index (χ0v) is 20.2. The van der Waals surface area contributed by atoms with E-state index in [1.54, 1.807) is 7.11 Å². The van der Waals surface area contributed by atoms with Gasteiger partial charge in [-0.25, -0.2) is 0 Å². The number of nitrogens with zero attached hydrogens (tertiary/aromatic N) is 1. The van der Waals surface area contributed by atoms with Crippen LogP contribution in [0.4, 0.5) is 5.69 Å². The maximum atomic E-state index is 12.7. The molecule has 3 aromatic rings. The van der Waals surface area contributed by atoms with E-state index in [0.29, 0.717) is 30.2 Å². The first kappa shape index (κ1) is 23.2. The molecule has 1 saturated heterocycles. The molecule has 1 unspecified atom stereocenters. The summed E-state index contributed by atoms with van der Waals surface area (Å²) in [4.78, 5) is 15.1. The van der Waals surface area contributed by atoms with E-state index in [-0.39, 0.29) is 12.0 Å². The number of ether oxygens (including phenoxy) is 3. The highest BCUT2D eigenvalue weighted by Crippen LogP contribution is 2.29. The third-order valence-electron chi connectivity index (χ3n) is 6.76. The van der Waals surface area contributed by atoms with Gasteiger partial charge in [-0.05, 0) is 72.4 Å². The van der Waals surface area contributed by atoms with Crippen LogP contribution in [0.15, 0.2) is 66.7 Å². The molecule has 5 rings (SSSR count). The highest BCUT2D eigenvalue weighted by Gasteiger charge is 2.18. The minimum atomic E-state index is -0.0989. The van der Waals surface area contributed by atoms with E-state index in [2.05, 4.69) is 34.5 Å². The smallest absolute Gasteiger partial charge is 0.251 e. The van der Waals surface area contributed by atoms with Crippen molar-refractivity contribution >= 4 is 11.6 Å². The van der Waals surface area contributed by atoms with Crippen LogP contribution >= 0.6 is 0 Å². The summed E-state index contributed by atoms with van der Waals surface area (Å²) in [6, 6.07) is 22.2. The fourth-order valence-corrected chi connectivity index (χ4v) is 4.72. The van der Waals surface area contributed by atoms with Gasteiger partial charge in [-0.15, -0.1) is 0 Å². The van der Waals surface area contributed by atoms with Crippen molar-refractivity contribution in [3.8, 4) is 11.5 Å². The van der Waals surface area contributed by atoms with E-state index in [9.17, 15) is 4.79 Å². The SMILES string of the molecule is COc1cc(CNC(=O)c2ccc(N3CCc4ccccc4C3)cc2)ccc1OCC1CCCO1. The van der Waals surface area contributed by atoms with Gasteiger partial charge >= 0.3 is 0 Å². The van der Waals surface area contributed by atoms with Gasteiger partial charge in [-0.3, -0.25) is 4.79 Å². The zero-order valence-electron chi connectivity index (χ0n) is 20.2. The number of carbonyl (C=O) groups is 1. The molecule has 0 saturated carbocycles. The number of carbonyl (C=O) groups excluding carboxylic acids is 1. The van der Waals surface area contributed by atoms with Gasteiger partial charge in [0.25, 0.3) is 5.91 Å². The fraction of sp³-hybridized carbons (Fsp3) is 0.345. The second-order valence-corrected chi connectivity index (χ2v) is 9.10. The van der Waals surface area contributed by atoms with Gasteiger partial charge in [-0.1, -0.05) is 30.3 Å². The van der Waals surface area contributed by atoms with E-state index in [0.717, 1.165) is 50.2 Å². The van der Waals surface area contributed by atoms with Crippen LogP contribution < -0.4 is 19.7 Å². The lowest BCUT2D eigenvalue weighted by atomic mass is 9.99. The van der Waals surface area contributed by atoms with Crippen LogP contribution in [-0.4, -0.2) is 38.9 Å². The molecule has 2 heterocycles.